The van der Waals surface area contributed by atoms with Crippen molar-refractivity contribution in [2.24, 2.45) is 5.73 Å². The van der Waals surface area contributed by atoms with Crippen LogP contribution in [-0.2, 0) is 26.9 Å². The SMILES string of the molecule is Br.COC(=Cc1ccc2c(n1)C(=N)N(CC(=O)c1cc(C(C)(C)C)c(O)c(C(C)(C)C)c1)C2)C(N)=O. The molecule has 194 valence electrons. The highest BCUT2D eigenvalue weighted by atomic mass is 79.9. The second kappa shape index (κ2) is 10.4. The molecule has 0 spiro atoms. The Morgan fingerprint density at radius 3 is 2.17 bits per heavy atom. The van der Waals surface area contributed by atoms with Crippen molar-refractivity contribution in [2.45, 2.75) is 58.9 Å². The maximum atomic E-state index is 13.4. The van der Waals surface area contributed by atoms with E-state index in [-0.39, 0.29) is 57.5 Å². The molecule has 0 fully saturated rings. The molecule has 0 saturated heterocycles. The van der Waals surface area contributed by atoms with Gasteiger partial charge in [0, 0.05) is 34.9 Å². The minimum atomic E-state index is -0.713. The average Bonchev–Trinajstić information content (AvgIpc) is 3.05. The molecular weight excluding hydrogens is 524 g/mol. The van der Waals surface area contributed by atoms with Crippen LogP contribution in [0.5, 0.6) is 5.75 Å². The number of phenols is 1. The number of hydrogen-bond donors (Lipinski definition) is 3. The third kappa shape index (κ3) is 5.95. The highest BCUT2D eigenvalue weighted by Gasteiger charge is 2.31. The summed E-state index contributed by atoms with van der Waals surface area (Å²) in [4.78, 5) is 30.9. The van der Waals surface area contributed by atoms with E-state index < -0.39 is 5.91 Å². The van der Waals surface area contributed by atoms with Crippen LogP contribution < -0.4 is 5.73 Å². The van der Waals surface area contributed by atoms with Crippen molar-refractivity contribution in [3.63, 3.8) is 0 Å². The van der Waals surface area contributed by atoms with E-state index in [1.54, 1.807) is 23.1 Å². The molecule has 0 atom stereocenters. The molecule has 36 heavy (non-hydrogen) atoms. The molecule has 0 unspecified atom stereocenters. The Hall–Kier alpha value is -3.20. The minimum Gasteiger partial charge on any atom is -0.507 e. The number of nitrogens with zero attached hydrogens (tertiary/aromatic N) is 2. The van der Waals surface area contributed by atoms with Crippen LogP contribution in [-0.4, -0.2) is 46.2 Å². The number of carbonyl (C=O) groups is 2. The molecule has 0 radical (unpaired) electrons. The van der Waals surface area contributed by atoms with Gasteiger partial charge in [-0.15, -0.1) is 17.0 Å². The predicted molar refractivity (Wildman–Crippen MR) is 146 cm³/mol. The summed E-state index contributed by atoms with van der Waals surface area (Å²) in [5, 5.41) is 19.5. The number of fused-ring (bicyclic) bond motifs is 1. The topological polar surface area (TPSA) is 130 Å². The van der Waals surface area contributed by atoms with Crippen molar-refractivity contribution < 1.29 is 19.4 Å². The first-order valence-corrected chi connectivity index (χ1v) is 11.4. The summed E-state index contributed by atoms with van der Waals surface area (Å²) in [6.45, 7) is 12.4. The maximum absolute atomic E-state index is 13.4. The lowest BCUT2D eigenvalue weighted by Crippen LogP contribution is -2.31. The van der Waals surface area contributed by atoms with E-state index in [9.17, 15) is 14.7 Å². The van der Waals surface area contributed by atoms with Gasteiger partial charge in [0.15, 0.2) is 11.5 Å². The van der Waals surface area contributed by atoms with Crippen molar-refractivity contribution in [3.8, 4) is 5.75 Å². The number of rotatable bonds is 6. The lowest BCUT2D eigenvalue weighted by molar-refractivity contribution is -0.117. The zero-order valence-electron chi connectivity index (χ0n) is 21.9. The van der Waals surface area contributed by atoms with Crippen LogP contribution in [0.3, 0.4) is 0 Å². The first-order chi connectivity index (χ1) is 16.1. The van der Waals surface area contributed by atoms with Crippen LogP contribution in [0.2, 0.25) is 0 Å². The fourth-order valence-corrected chi connectivity index (χ4v) is 4.05. The summed E-state index contributed by atoms with van der Waals surface area (Å²) in [6, 6.07) is 7.05. The molecule has 1 aromatic carbocycles. The van der Waals surface area contributed by atoms with Crippen LogP contribution in [0.15, 0.2) is 30.0 Å². The number of benzene rings is 1. The lowest BCUT2D eigenvalue weighted by atomic mass is 9.78. The third-order valence-corrected chi connectivity index (χ3v) is 6.03. The summed E-state index contributed by atoms with van der Waals surface area (Å²) in [5.74, 6) is -0.540. The van der Waals surface area contributed by atoms with Gasteiger partial charge < -0.3 is 20.5 Å². The summed E-state index contributed by atoms with van der Waals surface area (Å²) in [5.41, 5.74) is 8.22. The van der Waals surface area contributed by atoms with E-state index in [0.29, 0.717) is 23.5 Å². The Bertz CT molecular complexity index is 1200. The molecule has 9 heteroatoms. The summed E-state index contributed by atoms with van der Waals surface area (Å²) >= 11 is 0. The van der Waals surface area contributed by atoms with E-state index in [2.05, 4.69) is 4.98 Å². The molecular formula is C27H35BrN4O4. The van der Waals surface area contributed by atoms with E-state index in [1.807, 2.05) is 47.6 Å². The van der Waals surface area contributed by atoms with Gasteiger partial charge in [-0.1, -0.05) is 47.6 Å². The van der Waals surface area contributed by atoms with Crippen LogP contribution in [0, 0.1) is 5.41 Å². The van der Waals surface area contributed by atoms with E-state index in [1.165, 1.54) is 13.2 Å². The molecule has 2 aromatic rings. The maximum Gasteiger partial charge on any atom is 0.283 e. The van der Waals surface area contributed by atoms with Gasteiger partial charge >= 0.3 is 0 Å². The quantitative estimate of drug-likeness (QED) is 0.272. The summed E-state index contributed by atoms with van der Waals surface area (Å²) in [6.07, 6.45) is 1.42. The van der Waals surface area contributed by atoms with Gasteiger partial charge in [0.25, 0.3) is 5.91 Å². The Morgan fingerprint density at radius 2 is 1.69 bits per heavy atom. The van der Waals surface area contributed by atoms with Gasteiger partial charge in [0.1, 0.15) is 17.3 Å². The van der Waals surface area contributed by atoms with Gasteiger partial charge in [0.05, 0.1) is 19.3 Å². The monoisotopic (exact) mass is 558 g/mol. The fourth-order valence-electron chi connectivity index (χ4n) is 4.05. The number of ketones is 1. The first-order valence-electron chi connectivity index (χ1n) is 11.4. The number of aromatic nitrogens is 1. The third-order valence-electron chi connectivity index (χ3n) is 6.03. The first kappa shape index (κ1) is 29.0. The zero-order chi connectivity index (χ0) is 26.3. The Morgan fingerprint density at radius 1 is 1.14 bits per heavy atom. The number of carbonyl (C=O) groups excluding carboxylic acids is 2. The van der Waals surface area contributed by atoms with Gasteiger partial charge in [0.2, 0.25) is 0 Å². The number of methoxy groups -OCH3 is 1. The van der Waals surface area contributed by atoms with Gasteiger partial charge in [-0.3, -0.25) is 15.0 Å². The Balaban J connectivity index is 0.00000456. The number of aromatic hydroxyl groups is 1. The number of hydrogen-bond acceptors (Lipinski definition) is 6. The van der Waals surface area contributed by atoms with Crippen LogP contribution in [0.25, 0.3) is 6.08 Å². The fraction of sp³-hybridized carbons (Fsp3) is 0.407. The van der Waals surface area contributed by atoms with E-state index >= 15 is 0 Å². The molecule has 8 nitrogen and oxygen atoms in total. The molecule has 1 amide bonds. The Labute approximate surface area is 222 Å². The second-order valence-corrected chi connectivity index (χ2v) is 10.9. The molecule has 1 aliphatic rings. The second-order valence-electron chi connectivity index (χ2n) is 10.9. The van der Waals surface area contributed by atoms with Crippen molar-refractivity contribution in [1.82, 2.24) is 9.88 Å². The number of amides is 1. The van der Waals surface area contributed by atoms with Gasteiger partial charge in [-0.25, -0.2) is 4.98 Å². The molecule has 1 aromatic heterocycles. The largest absolute Gasteiger partial charge is 0.507 e. The number of primary amides is 1. The number of pyridine rings is 1. The molecule has 0 saturated carbocycles. The molecule has 4 N–H and O–H groups in total. The minimum absolute atomic E-state index is 0. The number of Topliss-reactive ketones (excluding diaryl/α,β-unsaturated/α-hetero) is 1. The van der Waals surface area contributed by atoms with Crippen molar-refractivity contribution in [2.75, 3.05) is 13.7 Å². The Kier molecular flexibility index (Phi) is 8.41. The predicted octanol–water partition coefficient (Wildman–Crippen LogP) is 4.46. The highest BCUT2D eigenvalue weighted by Crippen LogP contribution is 2.40. The molecule has 0 aliphatic carbocycles. The molecule has 0 bridgehead atoms. The average molecular weight is 560 g/mol. The number of phenolic OH excluding ortho intramolecular Hbond substituents is 1. The number of nitrogens with two attached hydrogens (primary N) is 1. The van der Waals surface area contributed by atoms with Crippen molar-refractivity contribution in [1.29, 1.82) is 5.41 Å². The molecule has 2 heterocycles. The number of ether oxygens (including phenoxy) is 1. The number of halogens is 1. The van der Waals surface area contributed by atoms with Crippen molar-refractivity contribution in [3.05, 3.63) is 63.7 Å². The number of nitrogens with one attached hydrogen (secondary N) is 1. The summed E-state index contributed by atoms with van der Waals surface area (Å²) in [7, 11) is 1.35. The molecule has 3 rings (SSSR count). The van der Waals surface area contributed by atoms with E-state index in [0.717, 1.165) is 16.7 Å². The normalized spacial score (nSPS) is 13.8. The van der Waals surface area contributed by atoms with Crippen molar-refractivity contribution >= 4 is 40.6 Å². The van der Waals surface area contributed by atoms with Crippen LogP contribution in [0.1, 0.15) is 80.0 Å². The highest BCUT2D eigenvalue weighted by molar-refractivity contribution is 8.93. The standard InChI is InChI=1S/C27H34N4O4.BrH/c1-26(2,3)18-10-16(11-19(23(18)33)27(4,5)6)20(32)14-31-13-15-8-9-17(30-22(15)24(31)28)12-21(35-7)25(29)34;/h8-12,28,33H,13-14H2,1-7H3,(H2,29,34);1H. The zero-order valence-corrected chi connectivity index (χ0v) is 23.6. The number of amidine groups is 1. The lowest BCUT2D eigenvalue weighted by Gasteiger charge is -2.28. The van der Waals surface area contributed by atoms with Crippen LogP contribution >= 0.6 is 17.0 Å². The molecule has 1 aliphatic heterocycles. The van der Waals surface area contributed by atoms with Gasteiger partial charge in [-0.05, 0) is 29.0 Å². The van der Waals surface area contributed by atoms with Gasteiger partial charge in [-0.2, -0.15) is 0 Å². The van der Waals surface area contributed by atoms with Crippen LogP contribution in [0.4, 0.5) is 0 Å². The van der Waals surface area contributed by atoms with E-state index in [4.69, 9.17) is 15.9 Å². The smallest absolute Gasteiger partial charge is 0.283 e. The summed E-state index contributed by atoms with van der Waals surface area (Å²) < 4.78 is 4.98.